The maximum atomic E-state index is 15.8. The molecule has 212 valence electrons. The first-order valence-corrected chi connectivity index (χ1v) is 13.4. The van der Waals surface area contributed by atoms with E-state index >= 15 is 4.39 Å². The zero-order valence-corrected chi connectivity index (χ0v) is 23.4. The van der Waals surface area contributed by atoms with Gasteiger partial charge >= 0.3 is 5.69 Å². The molecule has 41 heavy (non-hydrogen) atoms. The third-order valence-corrected chi connectivity index (χ3v) is 7.53. The van der Waals surface area contributed by atoms with Gasteiger partial charge in [-0.15, -0.1) is 0 Å². The van der Waals surface area contributed by atoms with E-state index < -0.39 is 34.3 Å². The predicted molar refractivity (Wildman–Crippen MR) is 155 cm³/mol. The topological polar surface area (TPSA) is 91.6 Å². The number of hydrogen-bond donors (Lipinski definition) is 1. The van der Waals surface area contributed by atoms with Gasteiger partial charge < -0.3 is 14.9 Å². The summed E-state index contributed by atoms with van der Waals surface area (Å²) < 4.78 is 32.0. The average molecular weight is 560 g/mol. The van der Waals surface area contributed by atoms with Crippen LogP contribution in [0.5, 0.6) is 5.75 Å². The maximum Gasteiger partial charge on any atom is 0.355 e. The summed E-state index contributed by atoms with van der Waals surface area (Å²) in [7, 11) is 0. The van der Waals surface area contributed by atoms with Crippen LogP contribution in [0.15, 0.2) is 59.9 Å². The van der Waals surface area contributed by atoms with Crippen LogP contribution in [0.25, 0.3) is 28.0 Å². The van der Waals surface area contributed by atoms with Crippen LogP contribution in [0.1, 0.15) is 37.8 Å². The zero-order chi connectivity index (χ0) is 29.6. The lowest BCUT2D eigenvalue weighted by atomic mass is 9.98. The minimum absolute atomic E-state index is 0.0263. The molecular formula is C31H31F2N5O3. The Bertz CT molecular complexity index is 1730. The first-order chi connectivity index (χ1) is 19.5. The van der Waals surface area contributed by atoms with Gasteiger partial charge in [0.25, 0.3) is 0 Å². The van der Waals surface area contributed by atoms with Crippen molar-refractivity contribution < 1.29 is 18.7 Å². The molecule has 1 aliphatic heterocycles. The molecule has 0 spiro atoms. The van der Waals surface area contributed by atoms with Gasteiger partial charge in [-0.2, -0.15) is 4.98 Å². The van der Waals surface area contributed by atoms with Gasteiger partial charge in [0.15, 0.2) is 11.5 Å². The fraction of sp³-hybridized carbons (Fsp3) is 0.290. The second kappa shape index (κ2) is 10.8. The van der Waals surface area contributed by atoms with Crippen molar-refractivity contribution in [1.82, 2.24) is 19.4 Å². The molecule has 1 fully saturated rings. The molecule has 5 rings (SSSR count). The molecule has 1 saturated heterocycles. The molecule has 10 heteroatoms. The lowest BCUT2D eigenvalue weighted by molar-refractivity contribution is -0.128. The van der Waals surface area contributed by atoms with Crippen molar-refractivity contribution in [2.75, 3.05) is 24.5 Å². The molecule has 0 saturated carbocycles. The van der Waals surface area contributed by atoms with E-state index in [2.05, 4.69) is 16.5 Å². The molecule has 2 aromatic heterocycles. The number of pyridine rings is 1. The molecule has 4 aromatic rings. The van der Waals surface area contributed by atoms with Crippen molar-refractivity contribution in [3.05, 3.63) is 88.4 Å². The van der Waals surface area contributed by atoms with Crippen molar-refractivity contribution in [3.8, 4) is 22.7 Å². The zero-order valence-electron chi connectivity index (χ0n) is 23.4. The van der Waals surface area contributed by atoms with Crippen molar-refractivity contribution in [1.29, 1.82) is 0 Å². The number of anilines is 1. The highest BCUT2D eigenvalue weighted by molar-refractivity contribution is 5.91. The highest BCUT2D eigenvalue weighted by atomic mass is 19.1. The number of aromatic nitrogens is 3. The standard InChI is InChI=1S/C31H31F2N5O3/c1-6-25(40)37-14-13-36(16-19(37)5)29-21-15-23(33)27(26-22(32)11-8-12-24(26)39)34-30(21)38(31(41)35-29)28-18(4)9-7-10-20(28)17(2)3/h6-12,15,17,19,39H,1,13-14,16H2,2-5H3. The molecule has 0 radical (unpaired) electrons. The molecule has 0 aliphatic carbocycles. The number of hydrogen-bond acceptors (Lipinski definition) is 6. The number of para-hydroxylation sites is 1. The summed E-state index contributed by atoms with van der Waals surface area (Å²) >= 11 is 0. The van der Waals surface area contributed by atoms with Crippen LogP contribution >= 0.6 is 0 Å². The van der Waals surface area contributed by atoms with Gasteiger partial charge in [0.1, 0.15) is 23.1 Å². The number of amides is 1. The highest BCUT2D eigenvalue weighted by Gasteiger charge is 2.30. The van der Waals surface area contributed by atoms with Crippen LogP contribution in [0.2, 0.25) is 0 Å². The molecule has 1 N–H and O–H groups in total. The first kappa shape index (κ1) is 27.9. The van der Waals surface area contributed by atoms with E-state index in [0.29, 0.717) is 25.3 Å². The fourth-order valence-electron chi connectivity index (χ4n) is 5.52. The van der Waals surface area contributed by atoms with Crippen molar-refractivity contribution >= 4 is 22.8 Å². The van der Waals surface area contributed by atoms with Crippen molar-refractivity contribution in [3.63, 3.8) is 0 Å². The van der Waals surface area contributed by atoms with Gasteiger partial charge in [0.2, 0.25) is 5.91 Å². The van der Waals surface area contributed by atoms with E-state index in [1.165, 1.54) is 28.8 Å². The van der Waals surface area contributed by atoms with Gasteiger partial charge in [-0.1, -0.05) is 44.7 Å². The Morgan fingerprint density at radius 2 is 1.85 bits per heavy atom. The number of aryl methyl sites for hydroxylation is 1. The Balaban J connectivity index is 1.82. The number of fused-ring (bicyclic) bond motifs is 1. The Morgan fingerprint density at radius 1 is 1.12 bits per heavy atom. The third kappa shape index (κ3) is 4.83. The second-order valence-corrected chi connectivity index (χ2v) is 10.6. The monoisotopic (exact) mass is 559 g/mol. The SMILES string of the molecule is C=CC(=O)N1CCN(c2nc(=O)n(-c3c(C)cccc3C(C)C)c3nc(-c4c(O)cccc4F)c(F)cc23)CC1C. The Morgan fingerprint density at radius 3 is 2.51 bits per heavy atom. The first-order valence-electron chi connectivity index (χ1n) is 13.4. The summed E-state index contributed by atoms with van der Waals surface area (Å²) in [6.07, 6.45) is 1.26. The molecule has 1 atom stereocenters. The Labute approximate surface area is 236 Å². The van der Waals surface area contributed by atoms with E-state index in [4.69, 9.17) is 0 Å². The minimum atomic E-state index is -0.881. The summed E-state index contributed by atoms with van der Waals surface area (Å²) in [6, 6.07) is 10.3. The smallest absolute Gasteiger partial charge is 0.355 e. The number of halogens is 2. The Hall–Kier alpha value is -4.60. The number of carbonyl (C=O) groups excluding carboxylic acids is 1. The predicted octanol–water partition coefficient (Wildman–Crippen LogP) is 5.09. The lowest BCUT2D eigenvalue weighted by Gasteiger charge is -2.40. The van der Waals surface area contributed by atoms with E-state index in [-0.39, 0.29) is 34.7 Å². The summed E-state index contributed by atoms with van der Waals surface area (Å²) in [6.45, 7) is 12.3. The van der Waals surface area contributed by atoms with Crippen LogP contribution in [-0.4, -0.2) is 56.1 Å². The summed E-state index contributed by atoms with van der Waals surface area (Å²) in [5.41, 5.74) is 0.817. The van der Waals surface area contributed by atoms with E-state index in [9.17, 15) is 19.1 Å². The quantitative estimate of drug-likeness (QED) is 0.343. The van der Waals surface area contributed by atoms with Gasteiger partial charge in [-0.05, 0) is 55.2 Å². The summed E-state index contributed by atoms with van der Waals surface area (Å²) in [5.74, 6) is -2.17. The largest absolute Gasteiger partial charge is 0.507 e. The number of aromatic hydroxyl groups is 1. The molecular weight excluding hydrogens is 528 g/mol. The van der Waals surface area contributed by atoms with Crippen molar-refractivity contribution in [2.45, 2.75) is 39.7 Å². The van der Waals surface area contributed by atoms with Crippen LogP contribution in [0, 0.1) is 18.6 Å². The maximum absolute atomic E-state index is 15.8. The normalized spacial score (nSPS) is 15.5. The van der Waals surface area contributed by atoms with E-state index in [1.807, 2.05) is 50.8 Å². The molecule has 1 aliphatic rings. The summed E-state index contributed by atoms with van der Waals surface area (Å²) in [5, 5.41) is 10.7. The lowest BCUT2D eigenvalue weighted by Crippen LogP contribution is -2.54. The number of rotatable bonds is 5. The number of nitrogens with zero attached hydrogens (tertiary/aromatic N) is 5. The van der Waals surface area contributed by atoms with E-state index in [0.717, 1.165) is 17.2 Å². The average Bonchev–Trinajstić information content (AvgIpc) is 2.93. The Kier molecular flexibility index (Phi) is 7.33. The molecule has 2 aromatic carbocycles. The van der Waals surface area contributed by atoms with Crippen LogP contribution in [0.3, 0.4) is 0 Å². The molecule has 1 unspecified atom stereocenters. The number of benzene rings is 2. The number of phenols is 1. The molecule has 0 bridgehead atoms. The van der Waals surface area contributed by atoms with Crippen LogP contribution in [0.4, 0.5) is 14.6 Å². The number of piperazine rings is 1. The van der Waals surface area contributed by atoms with E-state index in [1.54, 1.807) is 4.90 Å². The highest BCUT2D eigenvalue weighted by Crippen LogP contribution is 2.36. The van der Waals surface area contributed by atoms with Crippen molar-refractivity contribution in [2.24, 2.45) is 0 Å². The minimum Gasteiger partial charge on any atom is -0.507 e. The third-order valence-electron chi connectivity index (χ3n) is 7.53. The molecule has 1 amide bonds. The number of carbonyl (C=O) groups is 1. The van der Waals surface area contributed by atoms with Gasteiger partial charge in [0, 0.05) is 25.7 Å². The molecule has 8 nitrogen and oxygen atoms in total. The summed E-state index contributed by atoms with van der Waals surface area (Å²) in [4.78, 5) is 38.6. The van der Waals surface area contributed by atoms with Crippen LogP contribution < -0.4 is 10.6 Å². The molecule has 3 heterocycles. The number of phenolic OH excluding ortho intramolecular Hbond substituents is 1. The second-order valence-electron chi connectivity index (χ2n) is 10.6. The van der Waals surface area contributed by atoms with Crippen LogP contribution in [-0.2, 0) is 4.79 Å². The van der Waals surface area contributed by atoms with Gasteiger partial charge in [-0.3, -0.25) is 4.79 Å². The van der Waals surface area contributed by atoms with Gasteiger partial charge in [-0.25, -0.2) is 23.1 Å². The van der Waals surface area contributed by atoms with Gasteiger partial charge in [0.05, 0.1) is 16.6 Å². The fourth-order valence-corrected chi connectivity index (χ4v) is 5.52.